The Labute approximate surface area is 154 Å². The van der Waals surface area contributed by atoms with Gasteiger partial charge in [0.25, 0.3) is 0 Å². The van der Waals surface area contributed by atoms with E-state index in [9.17, 15) is 4.79 Å². The molecule has 1 amide bonds. The first-order chi connectivity index (χ1) is 11.1. The Bertz CT molecular complexity index is 523. The van der Waals surface area contributed by atoms with Crippen molar-refractivity contribution in [2.75, 3.05) is 25.3 Å². The minimum atomic E-state index is -0.0828. The molecule has 0 saturated carbocycles. The zero-order valence-corrected chi connectivity index (χ0v) is 16.1. The standard InChI is InChI=1S/C17H26N2O3S.ClH/c1-12(2)6-7-22-15-5-4-13(8-16(15)21-3)9-18-17(20)14-10-23-11-19-14;/h4-5,8,12,14,19H,6-7,9-11H2,1-3H3,(H,18,20);1H. The van der Waals surface area contributed by atoms with Gasteiger partial charge in [-0.3, -0.25) is 10.1 Å². The maximum absolute atomic E-state index is 12.0. The highest BCUT2D eigenvalue weighted by atomic mass is 35.5. The number of ether oxygens (including phenoxy) is 2. The summed E-state index contributed by atoms with van der Waals surface area (Å²) in [5.41, 5.74) is 0.997. The first kappa shape index (κ1) is 20.9. The van der Waals surface area contributed by atoms with Gasteiger partial charge in [-0.25, -0.2) is 0 Å². The number of carbonyl (C=O) groups is 1. The summed E-state index contributed by atoms with van der Waals surface area (Å²) in [5, 5.41) is 6.12. The third-order valence-electron chi connectivity index (χ3n) is 3.68. The molecule has 0 spiro atoms. The van der Waals surface area contributed by atoms with E-state index in [0.717, 1.165) is 29.4 Å². The number of nitrogens with one attached hydrogen (secondary N) is 2. The zero-order valence-electron chi connectivity index (χ0n) is 14.5. The van der Waals surface area contributed by atoms with E-state index in [1.807, 2.05) is 18.2 Å². The van der Waals surface area contributed by atoms with Gasteiger partial charge in [-0.1, -0.05) is 19.9 Å². The summed E-state index contributed by atoms with van der Waals surface area (Å²) in [7, 11) is 1.63. The van der Waals surface area contributed by atoms with Gasteiger partial charge < -0.3 is 14.8 Å². The predicted octanol–water partition coefficient (Wildman–Crippen LogP) is 2.82. The predicted molar refractivity (Wildman–Crippen MR) is 101 cm³/mol. The summed E-state index contributed by atoms with van der Waals surface area (Å²) >= 11 is 1.74. The third-order valence-corrected chi connectivity index (χ3v) is 4.62. The van der Waals surface area contributed by atoms with Crippen LogP contribution in [0.5, 0.6) is 11.5 Å². The van der Waals surface area contributed by atoms with Crippen molar-refractivity contribution in [3.8, 4) is 11.5 Å². The maximum Gasteiger partial charge on any atom is 0.238 e. The second-order valence-electron chi connectivity index (χ2n) is 6.01. The molecule has 1 aliphatic rings. The fourth-order valence-electron chi connectivity index (χ4n) is 2.22. The van der Waals surface area contributed by atoms with E-state index in [4.69, 9.17) is 9.47 Å². The molecule has 1 aliphatic heterocycles. The summed E-state index contributed by atoms with van der Waals surface area (Å²) in [6.45, 7) is 5.51. The zero-order chi connectivity index (χ0) is 16.7. The number of hydrogen-bond donors (Lipinski definition) is 2. The Balaban J connectivity index is 0.00000288. The molecular formula is C17H27ClN2O3S. The highest BCUT2D eigenvalue weighted by Crippen LogP contribution is 2.28. The normalized spacial score (nSPS) is 16.6. The Morgan fingerprint density at radius 1 is 1.42 bits per heavy atom. The minimum absolute atomic E-state index is 0. The molecule has 2 N–H and O–H groups in total. The molecule has 1 aromatic carbocycles. The topological polar surface area (TPSA) is 59.6 Å². The lowest BCUT2D eigenvalue weighted by atomic mass is 10.1. The van der Waals surface area contributed by atoms with Crippen molar-refractivity contribution >= 4 is 30.1 Å². The SMILES string of the molecule is COc1cc(CNC(=O)C2CSCN2)ccc1OCCC(C)C.Cl. The van der Waals surface area contributed by atoms with Crippen LogP contribution in [0.15, 0.2) is 18.2 Å². The summed E-state index contributed by atoms with van der Waals surface area (Å²) < 4.78 is 11.2. The van der Waals surface area contributed by atoms with E-state index >= 15 is 0 Å². The molecule has 7 heteroatoms. The highest BCUT2D eigenvalue weighted by Gasteiger charge is 2.22. The van der Waals surface area contributed by atoms with Crippen LogP contribution in [-0.4, -0.2) is 37.3 Å². The van der Waals surface area contributed by atoms with Crippen LogP contribution < -0.4 is 20.1 Å². The summed E-state index contributed by atoms with van der Waals surface area (Å²) in [5.74, 6) is 3.78. The number of carbonyl (C=O) groups excluding carboxylic acids is 1. The molecule has 0 bridgehead atoms. The molecule has 0 aromatic heterocycles. The van der Waals surface area contributed by atoms with Gasteiger partial charge in [0.05, 0.1) is 19.8 Å². The smallest absolute Gasteiger partial charge is 0.238 e. The molecule has 24 heavy (non-hydrogen) atoms. The molecule has 0 radical (unpaired) electrons. The van der Waals surface area contributed by atoms with E-state index in [-0.39, 0.29) is 24.4 Å². The van der Waals surface area contributed by atoms with Crippen LogP contribution in [0.1, 0.15) is 25.8 Å². The summed E-state index contributed by atoms with van der Waals surface area (Å²) in [6.07, 6.45) is 1.01. The number of halogens is 1. The van der Waals surface area contributed by atoms with E-state index in [1.54, 1.807) is 18.9 Å². The van der Waals surface area contributed by atoms with E-state index in [2.05, 4.69) is 24.5 Å². The number of thioether (sulfide) groups is 1. The van der Waals surface area contributed by atoms with Gasteiger partial charge >= 0.3 is 0 Å². The van der Waals surface area contributed by atoms with Crippen LogP contribution in [0.4, 0.5) is 0 Å². The molecule has 1 atom stereocenters. The van der Waals surface area contributed by atoms with Crippen molar-refractivity contribution in [2.45, 2.75) is 32.9 Å². The number of amides is 1. The fraction of sp³-hybridized carbons (Fsp3) is 0.588. The van der Waals surface area contributed by atoms with Crippen molar-refractivity contribution in [1.82, 2.24) is 10.6 Å². The molecule has 1 saturated heterocycles. The van der Waals surface area contributed by atoms with Crippen molar-refractivity contribution in [1.29, 1.82) is 0 Å². The second-order valence-corrected chi connectivity index (χ2v) is 7.04. The second kappa shape index (κ2) is 10.7. The highest BCUT2D eigenvalue weighted by molar-refractivity contribution is 7.99. The van der Waals surface area contributed by atoms with Crippen LogP contribution >= 0.6 is 24.2 Å². The van der Waals surface area contributed by atoms with Crippen molar-refractivity contribution < 1.29 is 14.3 Å². The van der Waals surface area contributed by atoms with Crippen molar-refractivity contribution in [3.63, 3.8) is 0 Å². The molecular weight excluding hydrogens is 348 g/mol. The summed E-state index contributed by atoms with van der Waals surface area (Å²) in [4.78, 5) is 12.0. The Morgan fingerprint density at radius 3 is 2.83 bits per heavy atom. The van der Waals surface area contributed by atoms with Crippen molar-refractivity contribution in [3.05, 3.63) is 23.8 Å². The molecule has 0 aliphatic carbocycles. The number of benzene rings is 1. The molecule has 1 aromatic rings. The lowest BCUT2D eigenvalue weighted by Gasteiger charge is -2.14. The van der Waals surface area contributed by atoms with E-state index in [1.165, 1.54) is 0 Å². The molecule has 5 nitrogen and oxygen atoms in total. The fourth-order valence-corrected chi connectivity index (χ4v) is 3.16. The Morgan fingerprint density at radius 2 is 2.21 bits per heavy atom. The quantitative estimate of drug-likeness (QED) is 0.732. The first-order valence-corrected chi connectivity index (χ1v) is 9.14. The number of methoxy groups -OCH3 is 1. The lowest BCUT2D eigenvalue weighted by Crippen LogP contribution is -2.41. The number of hydrogen-bond acceptors (Lipinski definition) is 5. The van der Waals surface area contributed by atoms with E-state index in [0.29, 0.717) is 24.8 Å². The Kier molecular flexibility index (Phi) is 9.33. The van der Waals surface area contributed by atoms with Gasteiger partial charge in [-0.05, 0) is 30.0 Å². The minimum Gasteiger partial charge on any atom is -0.493 e. The molecule has 1 heterocycles. The summed E-state index contributed by atoms with van der Waals surface area (Å²) in [6, 6.07) is 5.71. The maximum atomic E-state index is 12.0. The van der Waals surface area contributed by atoms with Crippen molar-refractivity contribution in [2.24, 2.45) is 5.92 Å². The lowest BCUT2D eigenvalue weighted by molar-refractivity contribution is -0.122. The van der Waals surface area contributed by atoms with Gasteiger partial charge in [0.1, 0.15) is 0 Å². The Hall–Kier alpha value is -1.11. The third kappa shape index (κ3) is 6.42. The van der Waals surface area contributed by atoms with E-state index < -0.39 is 0 Å². The van der Waals surface area contributed by atoms with Crippen LogP contribution in [0, 0.1) is 5.92 Å². The average Bonchev–Trinajstić information content (AvgIpc) is 3.07. The first-order valence-electron chi connectivity index (χ1n) is 7.98. The molecule has 1 fully saturated rings. The van der Waals surface area contributed by atoms with Crippen LogP contribution in [0.25, 0.3) is 0 Å². The van der Waals surface area contributed by atoms with Crippen LogP contribution in [-0.2, 0) is 11.3 Å². The molecule has 136 valence electrons. The largest absolute Gasteiger partial charge is 0.493 e. The average molecular weight is 375 g/mol. The van der Waals surface area contributed by atoms with Gasteiger partial charge in [0.15, 0.2) is 11.5 Å². The van der Waals surface area contributed by atoms with Gasteiger partial charge in [-0.15, -0.1) is 24.2 Å². The monoisotopic (exact) mass is 374 g/mol. The van der Waals surface area contributed by atoms with Crippen LogP contribution in [0.2, 0.25) is 0 Å². The number of rotatable bonds is 8. The molecule has 1 unspecified atom stereocenters. The van der Waals surface area contributed by atoms with Gasteiger partial charge in [0.2, 0.25) is 5.91 Å². The van der Waals surface area contributed by atoms with Gasteiger partial charge in [-0.2, -0.15) is 0 Å². The molecule has 2 rings (SSSR count). The van der Waals surface area contributed by atoms with Crippen LogP contribution in [0.3, 0.4) is 0 Å². The van der Waals surface area contributed by atoms with Gasteiger partial charge in [0, 0.05) is 18.2 Å².